The average molecular weight is 479 g/mol. The summed E-state index contributed by atoms with van der Waals surface area (Å²) >= 11 is 3.39. The van der Waals surface area contributed by atoms with E-state index in [-0.39, 0.29) is 31.2 Å². The Bertz CT molecular complexity index is 876. The van der Waals surface area contributed by atoms with E-state index in [2.05, 4.69) is 26.6 Å². The van der Waals surface area contributed by atoms with E-state index in [4.69, 9.17) is 14.2 Å². The first-order chi connectivity index (χ1) is 14.4. The van der Waals surface area contributed by atoms with E-state index in [1.807, 2.05) is 37.3 Å². The van der Waals surface area contributed by atoms with Crippen LogP contribution in [0.3, 0.4) is 0 Å². The monoisotopic (exact) mass is 478 g/mol. The maximum Gasteiger partial charge on any atom is 0.226 e. The van der Waals surface area contributed by atoms with Gasteiger partial charge in [0.25, 0.3) is 0 Å². The van der Waals surface area contributed by atoms with Crippen LogP contribution in [0.15, 0.2) is 34.8 Å². The summed E-state index contributed by atoms with van der Waals surface area (Å²) in [6.45, 7) is 2.19. The van der Waals surface area contributed by atoms with Gasteiger partial charge in [0, 0.05) is 29.5 Å². The van der Waals surface area contributed by atoms with Crippen molar-refractivity contribution in [3.63, 3.8) is 0 Å². The van der Waals surface area contributed by atoms with E-state index in [1.54, 1.807) is 21.3 Å². The molecule has 0 spiro atoms. The highest BCUT2D eigenvalue weighted by molar-refractivity contribution is 9.10. The SMILES string of the molecule is COc1cc(CCC(=O)NCCC(=O)Nc2cc(Br)ccc2C)cc(OC)c1OC. The summed E-state index contributed by atoms with van der Waals surface area (Å²) in [7, 11) is 4.64. The Morgan fingerprint density at radius 2 is 1.60 bits per heavy atom. The van der Waals surface area contributed by atoms with Crippen molar-refractivity contribution in [2.75, 3.05) is 33.2 Å². The molecule has 0 heterocycles. The molecule has 2 amide bonds. The fraction of sp³-hybridized carbons (Fsp3) is 0.364. The lowest BCUT2D eigenvalue weighted by Gasteiger charge is -2.14. The van der Waals surface area contributed by atoms with Crippen molar-refractivity contribution in [1.29, 1.82) is 0 Å². The maximum absolute atomic E-state index is 12.2. The van der Waals surface area contributed by atoms with Crippen molar-refractivity contribution in [2.45, 2.75) is 26.2 Å². The quantitative estimate of drug-likeness (QED) is 0.541. The van der Waals surface area contributed by atoms with Gasteiger partial charge in [0.15, 0.2) is 11.5 Å². The number of methoxy groups -OCH3 is 3. The number of halogens is 1. The zero-order valence-corrected chi connectivity index (χ0v) is 19.2. The summed E-state index contributed by atoms with van der Waals surface area (Å²) < 4.78 is 16.9. The van der Waals surface area contributed by atoms with E-state index < -0.39 is 0 Å². The highest BCUT2D eigenvalue weighted by atomic mass is 79.9. The molecule has 2 N–H and O–H groups in total. The minimum atomic E-state index is -0.152. The highest BCUT2D eigenvalue weighted by Crippen LogP contribution is 2.38. The van der Waals surface area contributed by atoms with Gasteiger partial charge in [-0.1, -0.05) is 22.0 Å². The summed E-state index contributed by atoms with van der Waals surface area (Å²) in [5, 5.41) is 5.64. The van der Waals surface area contributed by atoms with Gasteiger partial charge < -0.3 is 24.8 Å². The van der Waals surface area contributed by atoms with Crippen LogP contribution in [0.25, 0.3) is 0 Å². The third kappa shape index (κ3) is 6.66. The highest BCUT2D eigenvalue weighted by Gasteiger charge is 2.14. The number of rotatable bonds is 10. The number of nitrogens with one attached hydrogen (secondary N) is 2. The molecule has 0 saturated heterocycles. The molecular weight excluding hydrogens is 452 g/mol. The third-order valence-electron chi connectivity index (χ3n) is 4.51. The van der Waals surface area contributed by atoms with Gasteiger partial charge in [0.05, 0.1) is 21.3 Å². The van der Waals surface area contributed by atoms with Crippen LogP contribution in [0.5, 0.6) is 17.2 Å². The van der Waals surface area contributed by atoms with Gasteiger partial charge in [0.1, 0.15) is 0 Å². The predicted molar refractivity (Wildman–Crippen MR) is 120 cm³/mol. The van der Waals surface area contributed by atoms with Crippen LogP contribution >= 0.6 is 15.9 Å². The van der Waals surface area contributed by atoms with Crippen LogP contribution in [0.1, 0.15) is 24.0 Å². The molecule has 0 radical (unpaired) electrons. The Morgan fingerprint density at radius 3 is 2.20 bits per heavy atom. The number of ether oxygens (including phenoxy) is 3. The molecular formula is C22H27BrN2O5. The molecule has 0 aliphatic rings. The molecule has 2 aromatic carbocycles. The molecule has 0 saturated carbocycles. The van der Waals surface area contributed by atoms with Gasteiger partial charge >= 0.3 is 0 Å². The zero-order valence-electron chi connectivity index (χ0n) is 17.6. The average Bonchev–Trinajstić information content (AvgIpc) is 2.73. The van der Waals surface area contributed by atoms with Crippen LogP contribution in [-0.2, 0) is 16.0 Å². The Hall–Kier alpha value is -2.74. The van der Waals surface area contributed by atoms with Crippen molar-refractivity contribution in [3.05, 3.63) is 45.9 Å². The second-order valence-electron chi connectivity index (χ2n) is 6.64. The lowest BCUT2D eigenvalue weighted by Crippen LogP contribution is -2.27. The fourth-order valence-corrected chi connectivity index (χ4v) is 3.24. The fourth-order valence-electron chi connectivity index (χ4n) is 2.88. The minimum absolute atomic E-state index is 0.129. The summed E-state index contributed by atoms with van der Waals surface area (Å²) in [5.74, 6) is 1.33. The minimum Gasteiger partial charge on any atom is -0.493 e. The molecule has 8 heteroatoms. The molecule has 0 aliphatic carbocycles. The van der Waals surface area contributed by atoms with Crippen LogP contribution in [0, 0.1) is 6.92 Å². The molecule has 0 atom stereocenters. The summed E-state index contributed by atoms with van der Waals surface area (Å²) in [6, 6.07) is 9.33. The van der Waals surface area contributed by atoms with Gasteiger partial charge in [-0.15, -0.1) is 0 Å². The molecule has 0 aromatic heterocycles. The van der Waals surface area contributed by atoms with E-state index in [1.165, 1.54) is 0 Å². The van der Waals surface area contributed by atoms with Crippen molar-refractivity contribution in [1.82, 2.24) is 5.32 Å². The first kappa shape index (κ1) is 23.5. The summed E-state index contributed by atoms with van der Waals surface area (Å²) in [6.07, 6.45) is 0.985. The number of anilines is 1. The number of carbonyl (C=O) groups is 2. The molecule has 2 aromatic rings. The normalized spacial score (nSPS) is 10.3. The Balaban J connectivity index is 1.81. The first-order valence-corrected chi connectivity index (χ1v) is 10.3. The number of amides is 2. The van der Waals surface area contributed by atoms with Crippen molar-refractivity contribution in [2.24, 2.45) is 0 Å². The molecule has 0 aliphatic heterocycles. The number of hydrogen-bond donors (Lipinski definition) is 2. The zero-order chi connectivity index (χ0) is 22.1. The van der Waals surface area contributed by atoms with Crippen LogP contribution in [0.4, 0.5) is 5.69 Å². The number of aryl methyl sites for hydroxylation is 2. The second-order valence-corrected chi connectivity index (χ2v) is 7.56. The van der Waals surface area contributed by atoms with E-state index >= 15 is 0 Å². The van der Waals surface area contributed by atoms with Gasteiger partial charge in [-0.05, 0) is 48.7 Å². The topological polar surface area (TPSA) is 85.9 Å². The Labute approximate surface area is 185 Å². The standard InChI is InChI=1S/C22H27BrN2O5/c1-14-5-7-16(23)13-17(14)25-21(27)9-10-24-20(26)8-6-15-11-18(28-2)22(30-4)19(12-15)29-3/h5,7,11-13H,6,8-10H2,1-4H3,(H,24,26)(H,25,27). The van der Waals surface area contributed by atoms with Crippen LogP contribution in [-0.4, -0.2) is 39.7 Å². The molecule has 0 fully saturated rings. The smallest absolute Gasteiger partial charge is 0.226 e. The van der Waals surface area contributed by atoms with E-state index in [0.29, 0.717) is 23.7 Å². The van der Waals surface area contributed by atoms with Crippen molar-refractivity contribution >= 4 is 33.4 Å². The largest absolute Gasteiger partial charge is 0.493 e. The van der Waals surface area contributed by atoms with Crippen LogP contribution < -0.4 is 24.8 Å². The van der Waals surface area contributed by atoms with E-state index in [0.717, 1.165) is 21.3 Å². The van der Waals surface area contributed by atoms with Gasteiger partial charge in [-0.2, -0.15) is 0 Å². The molecule has 7 nitrogen and oxygen atoms in total. The van der Waals surface area contributed by atoms with E-state index in [9.17, 15) is 9.59 Å². The predicted octanol–water partition coefficient (Wildman–Crippen LogP) is 3.86. The first-order valence-electron chi connectivity index (χ1n) is 9.49. The number of hydrogen-bond acceptors (Lipinski definition) is 5. The summed E-state index contributed by atoms with van der Waals surface area (Å²) in [4.78, 5) is 24.3. The number of carbonyl (C=O) groups excluding carboxylic acids is 2. The van der Waals surface area contributed by atoms with Gasteiger partial charge in [-0.3, -0.25) is 9.59 Å². The van der Waals surface area contributed by atoms with Gasteiger partial charge in [-0.25, -0.2) is 0 Å². The Kier molecular flexibility index (Phi) is 8.98. The second kappa shape index (κ2) is 11.4. The van der Waals surface area contributed by atoms with Gasteiger partial charge in [0.2, 0.25) is 17.6 Å². The number of benzene rings is 2. The third-order valence-corrected chi connectivity index (χ3v) is 5.01. The molecule has 2 rings (SSSR count). The molecule has 30 heavy (non-hydrogen) atoms. The van der Waals surface area contributed by atoms with Crippen LogP contribution in [0.2, 0.25) is 0 Å². The van der Waals surface area contributed by atoms with Crippen molar-refractivity contribution in [3.8, 4) is 17.2 Å². The lowest BCUT2D eigenvalue weighted by atomic mass is 10.1. The molecule has 162 valence electrons. The van der Waals surface area contributed by atoms with Crippen molar-refractivity contribution < 1.29 is 23.8 Å². The molecule has 0 unspecified atom stereocenters. The Morgan fingerprint density at radius 1 is 0.933 bits per heavy atom. The lowest BCUT2D eigenvalue weighted by molar-refractivity contribution is -0.121. The molecule has 0 bridgehead atoms. The summed E-state index contributed by atoms with van der Waals surface area (Å²) in [5.41, 5.74) is 2.62. The maximum atomic E-state index is 12.2.